The summed E-state index contributed by atoms with van der Waals surface area (Å²) in [6, 6.07) is 0. The maximum Gasteiger partial charge on any atom is 0.302 e. The Morgan fingerprint density at radius 1 is 1.18 bits per heavy atom. The molecule has 11 heavy (non-hydrogen) atoms. The van der Waals surface area contributed by atoms with E-state index in [1.165, 1.54) is 14.0 Å². The maximum absolute atomic E-state index is 9.59. The Labute approximate surface area is 68.9 Å². The summed E-state index contributed by atoms with van der Waals surface area (Å²) in [5.41, 5.74) is 0. The topological polar surface area (TPSA) is 47.6 Å². The lowest BCUT2D eigenvalue weighted by atomic mass is 10.8. The van der Waals surface area contributed by atoms with Crippen LogP contribution in [0.15, 0.2) is 0 Å². The summed E-state index contributed by atoms with van der Waals surface area (Å²) in [5, 5.41) is 2.75. The fraction of sp³-hybridized carbons (Fsp3) is 0.857. The molecule has 0 aliphatic carbocycles. The molecule has 0 atom stereocenters. The largest absolute Gasteiger partial charge is 0.469 e. The summed E-state index contributed by atoms with van der Waals surface area (Å²) in [6.45, 7) is 1.36. The highest BCUT2D eigenvalue weighted by Gasteiger charge is 1.75. The van der Waals surface area contributed by atoms with Gasteiger partial charge in [0.2, 0.25) is 0 Å². The van der Waals surface area contributed by atoms with Gasteiger partial charge in [0, 0.05) is 21.1 Å². The normalized spacial score (nSPS) is 6.36. The minimum absolute atomic E-state index is 0.245. The molecule has 0 amide bonds. The molecule has 0 aliphatic rings. The number of esters is 1. The predicted molar refractivity (Wildman–Crippen MR) is 45.6 cm³/mol. The van der Waals surface area contributed by atoms with Crippen molar-refractivity contribution in [3.8, 4) is 0 Å². The molecule has 0 rings (SSSR count). The Hall–Kier alpha value is -0.610. The molecule has 0 fully saturated rings. The van der Waals surface area contributed by atoms with E-state index in [1.807, 2.05) is 14.1 Å². The Bertz CT molecular complexity index is 64.7. The van der Waals surface area contributed by atoms with Crippen LogP contribution in [0.3, 0.4) is 0 Å². The first-order chi connectivity index (χ1) is 5.10. The van der Waals surface area contributed by atoms with Crippen LogP contribution in [0.1, 0.15) is 6.92 Å². The van der Waals surface area contributed by atoms with Crippen molar-refractivity contribution < 1.29 is 14.3 Å². The number of methoxy groups -OCH3 is 2. The summed E-state index contributed by atoms with van der Waals surface area (Å²) in [5.74, 6) is -0.245. The minimum Gasteiger partial charge on any atom is -0.469 e. The van der Waals surface area contributed by atoms with E-state index in [4.69, 9.17) is 0 Å². The molecular weight excluding hydrogens is 146 g/mol. The van der Waals surface area contributed by atoms with E-state index >= 15 is 0 Å². The van der Waals surface area contributed by atoms with E-state index in [-0.39, 0.29) is 5.97 Å². The third-order valence-corrected chi connectivity index (χ3v) is 0.287. The molecule has 0 unspecified atom stereocenters. The third kappa shape index (κ3) is 265. The Morgan fingerprint density at radius 3 is 1.27 bits per heavy atom. The number of hydrogen-bond acceptors (Lipinski definition) is 4. The van der Waals surface area contributed by atoms with Crippen molar-refractivity contribution in [1.29, 1.82) is 0 Å². The van der Waals surface area contributed by atoms with Gasteiger partial charge in [0.1, 0.15) is 0 Å². The summed E-state index contributed by atoms with van der Waals surface area (Å²) < 4.78 is 8.36. The van der Waals surface area contributed by atoms with Crippen molar-refractivity contribution in [2.75, 3.05) is 35.4 Å². The fourth-order valence-corrected chi connectivity index (χ4v) is 0. The first-order valence-electron chi connectivity index (χ1n) is 3.13. The molecule has 0 saturated heterocycles. The number of nitrogens with one attached hydrogen (secondary N) is 1. The Balaban J connectivity index is -0.0000000933. The number of carbonyl (C=O) groups is 1. The number of ether oxygens (including phenoxy) is 2. The van der Waals surface area contributed by atoms with Gasteiger partial charge >= 0.3 is 5.97 Å². The summed E-state index contributed by atoms with van der Waals surface area (Å²) in [6.07, 6.45) is 0. The molecule has 0 aromatic heterocycles. The van der Waals surface area contributed by atoms with Crippen molar-refractivity contribution in [1.82, 2.24) is 5.32 Å². The van der Waals surface area contributed by atoms with Gasteiger partial charge in [-0.3, -0.25) is 4.79 Å². The third-order valence-electron chi connectivity index (χ3n) is 0.287. The Morgan fingerprint density at radius 2 is 1.27 bits per heavy atom. The average Bonchev–Trinajstić information content (AvgIpc) is 1.91. The molecule has 4 heteroatoms. The molecule has 0 aromatic rings. The van der Waals surface area contributed by atoms with Gasteiger partial charge in [-0.05, 0) is 14.1 Å². The lowest BCUT2D eigenvalue weighted by Gasteiger charge is -1.80. The molecule has 0 bridgehead atoms. The second-order valence-electron chi connectivity index (χ2n) is 1.60. The molecule has 0 aromatic carbocycles. The van der Waals surface area contributed by atoms with Gasteiger partial charge in [0.05, 0.1) is 7.11 Å². The lowest BCUT2D eigenvalue weighted by molar-refractivity contribution is -0.137. The van der Waals surface area contributed by atoms with E-state index in [0.717, 1.165) is 0 Å². The smallest absolute Gasteiger partial charge is 0.302 e. The van der Waals surface area contributed by atoms with E-state index < -0.39 is 0 Å². The van der Waals surface area contributed by atoms with Crippen LogP contribution in [0.4, 0.5) is 0 Å². The van der Waals surface area contributed by atoms with Crippen LogP contribution in [0, 0.1) is 0 Å². The van der Waals surface area contributed by atoms with Crippen molar-refractivity contribution in [3.63, 3.8) is 0 Å². The maximum atomic E-state index is 9.59. The highest BCUT2D eigenvalue weighted by molar-refractivity contribution is 5.65. The first-order valence-corrected chi connectivity index (χ1v) is 3.13. The minimum atomic E-state index is -0.245. The van der Waals surface area contributed by atoms with Gasteiger partial charge in [-0.15, -0.1) is 0 Å². The molecule has 0 saturated carbocycles. The number of rotatable bonds is 0. The van der Waals surface area contributed by atoms with Crippen molar-refractivity contribution in [2.24, 2.45) is 0 Å². The highest BCUT2D eigenvalue weighted by atomic mass is 16.5. The van der Waals surface area contributed by atoms with Gasteiger partial charge in [-0.2, -0.15) is 0 Å². The van der Waals surface area contributed by atoms with E-state index in [0.29, 0.717) is 0 Å². The summed E-state index contributed by atoms with van der Waals surface area (Å²) in [7, 11) is 8.35. The zero-order valence-electron chi connectivity index (χ0n) is 8.22. The second-order valence-corrected chi connectivity index (χ2v) is 1.60. The van der Waals surface area contributed by atoms with E-state index in [2.05, 4.69) is 14.8 Å². The van der Waals surface area contributed by atoms with Gasteiger partial charge in [-0.1, -0.05) is 0 Å². The number of carbonyl (C=O) groups excluding carboxylic acids is 1. The van der Waals surface area contributed by atoms with Crippen LogP contribution >= 0.6 is 0 Å². The molecule has 70 valence electrons. The van der Waals surface area contributed by atoms with Crippen molar-refractivity contribution in [3.05, 3.63) is 0 Å². The molecule has 4 nitrogen and oxygen atoms in total. The molecule has 1 N–H and O–H groups in total. The van der Waals surface area contributed by atoms with Gasteiger partial charge < -0.3 is 14.8 Å². The standard InChI is InChI=1S/C3H6O2.C2H7N.C2H6O/c1-3(4)5-2;2*1-3-2/h1-2H3;3H,1-2H3;1-2H3. The fourth-order valence-electron chi connectivity index (χ4n) is 0. The summed E-state index contributed by atoms with van der Waals surface area (Å²) in [4.78, 5) is 9.59. The van der Waals surface area contributed by atoms with Gasteiger partial charge in [0.15, 0.2) is 0 Å². The van der Waals surface area contributed by atoms with Crippen molar-refractivity contribution >= 4 is 5.97 Å². The monoisotopic (exact) mass is 165 g/mol. The average molecular weight is 165 g/mol. The molecule has 0 spiro atoms. The highest BCUT2D eigenvalue weighted by Crippen LogP contribution is 1.60. The zero-order chi connectivity index (χ0) is 9.70. The first kappa shape index (κ1) is 16.8. The van der Waals surface area contributed by atoms with Crippen molar-refractivity contribution in [2.45, 2.75) is 6.92 Å². The van der Waals surface area contributed by atoms with Gasteiger partial charge in [0.25, 0.3) is 0 Å². The van der Waals surface area contributed by atoms with Crippen LogP contribution < -0.4 is 5.32 Å². The second kappa shape index (κ2) is 22.8. The quantitative estimate of drug-likeness (QED) is 0.524. The summed E-state index contributed by atoms with van der Waals surface area (Å²) >= 11 is 0. The SMILES string of the molecule is CNC.COC.COC(C)=O. The molecule has 0 heterocycles. The van der Waals surface area contributed by atoms with E-state index in [9.17, 15) is 4.79 Å². The lowest BCUT2D eigenvalue weighted by Crippen LogP contribution is -1.89. The van der Waals surface area contributed by atoms with Crippen LogP contribution in [0.25, 0.3) is 0 Å². The molecular formula is C7H19NO3. The number of hydrogen-bond donors (Lipinski definition) is 1. The van der Waals surface area contributed by atoms with Crippen LogP contribution in [-0.2, 0) is 14.3 Å². The van der Waals surface area contributed by atoms with Gasteiger partial charge in [-0.25, -0.2) is 0 Å². The van der Waals surface area contributed by atoms with Crippen LogP contribution in [0.2, 0.25) is 0 Å². The van der Waals surface area contributed by atoms with Crippen LogP contribution in [-0.4, -0.2) is 41.4 Å². The van der Waals surface area contributed by atoms with Crippen LogP contribution in [0.5, 0.6) is 0 Å². The van der Waals surface area contributed by atoms with E-state index in [1.54, 1.807) is 14.2 Å². The predicted octanol–water partition coefficient (Wildman–Crippen LogP) is 0.277. The Kier molecular flexibility index (Phi) is 34.7. The molecule has 0 radical (unpaired) electrons. The molecule has 0 aliphatic heterocycles. The zero-order valence-corrected chi connectivity index (χ0v) is 8.22.